The number of hydrogen-bond acceptors (Lipinski definition) is 4. The van der Waals surface area contributed by atoms with Gasteiger partial charge in [0.05, 0.1) is 0 Å². The zero-order valence-electron chi connectivity index (χ0n) is 9.56. The van der Waals surface area contributed by atoms with Crippen LogP contribution in [0.1, 0.15) is 16.3 Å². The first kappa shape index (κ1) is 11.7. The molecular weight excluding hydrogens is 236 g/mol. The summed E-state index contributed by atoms with van der Waals surface area (Å²) in [6.45, 7) is 1.79. The Bertz CT molecular complexity index is 520. The summed E-state index contributed by atoms with van der Waals surface area (Å²) in [4.78, 5) is 16.9. The van der Waals surface area contributed by atoms with Crippen LogP contribution in [-0.4, -0.2) is 17.1 Å². The minimum absolute atomic E-state index is 0.289. The Morgan fingerprint density at radius 1 is 1.35 bits per heavy atom. The minimum Gasteiger partial charge on any atom is -0.456 e. The van der Waals surface area contributed by atoms with Crippen molar-refractivity contribution in [1.82, 2.24) is 4.98 Å². The molecule has 1 amide bonds. The number of carbonyl (C=O) groups excluding carboxylic acids is 1. The van der Waals surface area contributed by atoms with Crippen LogP contribution in [0.5, 0.6) is 0 Å². The van der Waals surface area contributed by atoms with E-state index in [1.165, 1.54) is 0 Å². The summed E-state index contributed by atoms with van der Waals surface area (Å²) >= 11 is 1.60. The number of amides is 1. The molecule has 0 unspecified atom stereocenters. The second-order valence-electron chi connectivity index (χ2n) is 3.45. The van der Waals surface area contributed by atoms with Crippen LogP contribution in [0, 0.1) is 6.92 Å². The molecular formula is C12H12N2O2S. The van der Waals surface area contributed by atoms with Gasteiger partial charge in [0.2, 0.25) is 0 Å². The molecule has 4 nitrogen and oxygen atoms in total. The predicted octanol–water partition coefficient (Wildman–Crippen LogP) is 2.96. The maximum Gasteiger partial charge on any atom is 0.292 e. The second kappa shape index (κ2) is 5.05. The molecule has 0 atom stereocenters. The highest BCUT2D eigenvalue weighted by molar-refractivity contribution is 7.98. The van der Waals surface area contributed by atoms with Gasteiger partial charge in [0.25, 0.3) is 5.91 Å². The number of carbonyl (C=O) groups is 1. The van der Waals surface area contributed by atoms with Crippen LogP contribution in [-0.2, 0) is 0 Å². The van der Waals surface area contributed by atoms with Crippen LogP contribution in [0.2, 0.25) is 0 Å². The van der Waals surface area contributed by atoms with Crippen LogP contribution in [0.3, 0.4) is 0 Å². The molecule has 17 heavy (non-hydrogen) atoms. The van der Waals surface area contributed by atoms with E-state index in [1.807, 2.05) is 12.3 Å². The van der Waals surface area contributed by atoms with Crippen molar-refractivity contribution in [3.05, 3.63) is 42.0 Å². The van der Waals surface area contributed by atoms with E-state index in [0.717, 1.165) is 4.90 Å². The molecule has 0 aliphatic rings. The van der Waals surface area contributed by atoms with Crippen LogP contribution in [0.4, 0.5) is 5.82 Å². The van der Waals surface area contributed by atoms with Crippen molar-refractivity contribution in [3.63, 3.8) is 0 Å². The smallest absolute Gasteiger partial charge is 0.292 e. The van der Waals surface area contributed by atoms with Crippen LogP contribution in [0.15, 0.2) is 39.8 Å². The van der Waals surface area contributed by atoms with Gasteiger partial charge in [0.15, 0.2) is 5.76 Å². The zero-order chi connectivity index (χ0) is 12.3. The van der Waals surface area contributed by atoms with Crippen molar-refractivity contribution in [3.8, 4) is 0 Å². The summed E-state index contributed by atoms with van der Waals surface area (Å²) < 4.78 is 5.22. The largest absolute Gasteiger partial charge is 0.456 e. The third kappa shape index (κ3) is 2.88. The van der Waals surface area contributed by atoms with E-state index < -0.39 is 0 Å². The number of hydrogen-bond donors (Lipinski definition) is 1. The van der Waals surface area contributed by atoms with Crippen LogP contribution in [0.25, 0.3) is 0 Å². The average molecular weight is 248 g/mol. The monoisotopic (exact) mass is 248 g/mol. The summed E-state index contributed by atoms with van der Waals surface area (Å²) in [7, 11) is 0. The molecule has 0 fully saturated rings. The lowest BCUT2D eigenvalue weighted by Crippen LogP contribution is -2.11. The quantitative estimate of drug-likeness (QED) is 0.848. The van der Waals surface area contributed by atoms with E-state index in [2.05, 4.69) is 10.3 Å². The number of thioether (sulfide) groups is 1. The standard InChI is InChI=1S/C12H12N2O2S/c1-8-3-5-10(16-8)12(15)14-11-6-4-9(17-2)7-13-11/h3-7H,1-2H3,(H,13,14,15). The molecule has 0 aromatic carbocycles. The summed E-state index contributed by atoms with van der Waals surface area (Å²) in [5.74, 6) is 1.23. The van der Waals surface area contributed by atoms with E-state index in [0.29, 0.717) is 17.3 Å². The Labute approximate surface area is 103 Å². The molecule has 5 heteroatoms. The van der Waals surface area contributed by atoms with Crippen LogP contribution < -0.4 is 5.32 Å². The van der Waals surface area contributed by atoms with Crippen molar-refractivity contribution < 1.29 is 9.21 Å². The number of aryl methyl sites for hydroxylation is 1. The van der Waals surface area contributed by atoms with Crippen molar-refractivity contribution in [2.24, 2.45) is 0 Å². The third-order valence-electron chi connectivity index (χ3n) is 2.18. The number of pyridine rings is 1. The molecule has 0 saturated heterocycles. The Morgan fingerprint density at radius 2 is 2.18 bits per heavy atom. The molecule has 2 rings (SSSR count). The number of furan rings is 1. The summed E-state index contributed by atoms with van der Waals surface area (Å²) in [5, 5.41) is 2.67. The lowest BCUT2D eigenvalue weighted by Gasteiger charge is -2.02. The van der Waals surface area contributed by atoms with Gasteiger partial charge in [0, 0.05) is 11.1 Å². The molecule has 0 bridgehead atoms. The Kier molecular flexibility index (Phi) is 3.49. The van der Waals surface area contributed by atoms with Gasteiger partial charge in [-0.25, -0.2) is 4.98 Å². The Hall–Kier alpha value is -1.75. The highest BCUT2D eigenvalue weighted by atomic mass is 32.2. The molecule has 2 heterocycles. The van der Waals surface area contributed by atoms with Crippen molar-refractivity contribution in [2.75, 3.05) is 11.6 Å². The van der Waals surface area contributed by atoms with Gasteiger partial charge in [-0.1, -0.05) is 0 Å². The van der Waals surface area contributed by atoms with E-state index in [9.17, 15) is 4.79 Å². The van der Waals surface area contributed by atoms with Crippen molar-refractivity contribution in [2.45, 2.75) is 11.8 Å². The lowest BCUT2D eigenvalue weighted by atomic mass is 10.4. The second-order valence-corrected chi connectivity index (χ2v) is 4.33. The first-order valence-corrected chi connectivity index (χ1v) is 6.29. The lowest BCUT2D eigenvalue weighted by molar-refractivity contribution is 0.0995. The van der Waals surface area contributed by atoms with Gasteiger partial charge in [-0.05, 0) is 37.4 Å². The van der Waals surface area contributed by atoms with Gasteiger partial charge < -0.3 is 9.73 Å². The molecule has 88 valence electrons. The van der Waals surface area contributed by atoms with Crippen molar-refractivity contribution in [1.29, 1.82) is 0 Å². The maximum absolute atomic E-state index is 11.7. The molecule has 0 aliphatic carbocycles. The Balaban J connectivity index is 2.07. The normalized spacial score (nSPS) is 10.2. The zero-order valence-corrected chi connectivity index (χ0v) is 10.4. The third-order valence-corrected chi connectivity index (χ3v) is 2.89. The summed E-state index contributed by atoms with van der Waals surface area (Å²) in [6.07, 6.45) is 3.69. The molecule has 2 aromatic heterocycles. The molecule has 1 N–H and O–H groups in total. The molecule has 0 aliphatic heterocycles. The Morgan fingerprint density at radius 3 is 2.71 bits per heavy atom. The first-order chi connectivity index (χ1) is 8.19. The van der Waals surface area contributed by atoms with Gasteiger partial charge in [-0.15, -0.1) is 11.8 Å². The molecule has 0 spiro atoms. The molecule has 0 saturated carbocycles. The van der Waals surface area contributed by atoms with Crippen LogP contribution >= 0.6 is 11.8 Å². The number of aromatic nitrogens is 1. The fraction of sp³-hybridized carbons (Fsp3) is 0.167. The van der Waals surface area contributed by atoms with E-state index in [4.69, 9.17) is 4.42 Å². The predicted molar refractivity (Wildman–Crippen MR) is 67.4 cm³/mol. The summed E-state index contributed by atoms with van der Waals surface area (Å²) in [6, 6.07) is 7.06. The first-order valence-electron chi connectivity index (χ1n) is 5.07. The SMILES string of the molecule is CSc1ccc(NC(=O)c2ccc(C)o2)nc1. The average Bonchev–Trinajstić information content (AvgIpc) is 2.77. The minimum atomic E-state index is -0.289. The number of anilines is 1. The topological polar surface area (TPSA) is 55.1 Å². The fourth-order valence-electron chi connectivity index (χ4n) is 1.31. The molecule has 0 radical (unpaired) electrons. The van der Waals surface area contributed by atoms with Gasteiger partial charge in [-0.3, -0.25) is 4.79 Å². The van der Waals surface area contributed by atoms with Crippen molar-refractivity contribution >= 4 is 23.5 Å². The highest BCUT2D eigenvalue weighted by Gasteiger charge is 2.10. The van der Waals surface area contributed by atoms with Gasteiger partial charge in [-0.2, -0.15) is 0 Å². The number of nitrogens with zero attached hydrogens (tertiary/aromatic N) is 1. The van der Waals surface area contributed by atoms with Gasteiger partial charge in [0.1, 0.15) is 11.6 Å². The summed E-state index contributed by atoms with van der Waals surface area (Å²) in [5.41, 5.74) is 0. The number of rotatable bonds is 3. The maximum atomic E-state index is 11.7. The number of nitrogens with one attached hydrogen (secondary N) is 1. The molecule has 2 aromatic rings. The fourth-order valence-corrected chi connectivity index (χ4v) is 1.67. The van der Waals surface area contributed by atoms with Gasteiger partial charge >= 0.3 is 0 Å². The van der Waals surface area contributed by atoms with E-state index in [1.54, 1.807) is 43.1 Å². The highest BCUT2D eigenvalue weighted by Crippen LogP contribution is 2.15. The van der Waals surface area contributed by atoms with E-state index in [-0.39, 0.29) is 5.91 Å². The van der Waals surface area contributed by atoms with E-state index >= 15 is 0 Å².